The molecule has 0 radical (unpaired) electrons. The third kappa shape index (κ3) is 3.28. The van der Waals surface area contributed by atoms with Crippen molar-refractivity contribution in [2.75, 3.05) is 20.1 Å². The van der Waals surface area contributed by atoms with Gasteiger partial charge in [0.05, 0.1) is 5.75 Å². The van der Waals surface area contributed by atoms with Crippen molar-refractivity contribution in [1.29, 1.82) is 0 Å². The highest BCUT2D eigenvalue weighted by Gasteiger charge is 2.21. The summed E-state index contributed by atoms with van der Waals surface area (Å²) in [6.07, 6.45) is 4.35. The number of fused-ring (bicyclic) bond motifs is 1. The van der Waals surface area contributed by atoms with Gasteiger partial charge >= 0.3 is 0 Å². The Kier molecular flexibility index (Phi) is 3.77. The maximum Gasteiger partial charge on any atom is 0.213 e. The molecule has 1 aliphatic rings. The number of nitrogens with two attached hydrogens (primary N) is 1. The smallest absolute Gasteiger partial charge is 0.213 e. The third-order valence-corrected chi connectivity index (χ3v) is 5.04. The number of rotatable bonds is 3. The van der Waals surface area contributed by atoms with Gasteiger partial charge in [0.25, 0.3) is 0 Å². The second-order valence-electron chi connectivity index (χ2n) is 6.01. The number of nitrogens with zero attached hydrogens (tertiary/aromatic N) is 1. The lowest BCUT2D eigenvalue weighted by Gasteiger charge is -2.28. The molecule has 1 fully saturated rings. The van der Waals surface area contributed by atoms with Crippen molar-refractivity contribution >= 4 is 20.9 Å². The molecule has 0 saturated carbocycles. The van der Waals surface area contributed by atoms with E-state index < -0.39 is 10.0 Å². The van der Waals surface area contributed by atoms with Gasteiger partial charge in [0.15, 0.2) is 0 Å². The van der Waals surface area contributed by atoms with Gasteiger partial charge in [-0.3, -0.25) is 0 Å². The standard InChI is InChI=1S/C15H21N3O2S/c1-18-6-4-12(5-7-18)14-9-17-15-3-2-11(8-13(14)15)10-21(16,19)20/h2-3,8-9,12,17H,4-7,10H2,1H3,(H2,16,19,20). The second-order valence-corrected chi connectivity index (χ2v) is 7.62. The Morgan fingerprint density at radius 2 is 2.05 bits per heavy atom. The van der Waals surface area contributed by atoms with Crippen LogP contribution in [0.3, 0.4) is 0 Å². The molecule has 1 saturated heterocycles. The summed E-state index contributed by atoms with van der Waals surface area (Å²) in [6.45, 7) is 2.21. The molecule has 6 heteroatoms. The van der Waals surface area contributed by atoms with Crippen LogP contribution in [-0.2, 0) is 15.8 Å². The number of hydrogen-bond acceptors (Lipinski definition) is 3. The van der Waals surface area contributed by atoms with E-state index in [0.29, 0.717) is 5.92 Å². The van der Waals surface area contributed by atoms with Gasteiger partial charge in [-0.15, -0.1) is 0 Å². The van der Waals surface area contributed by atoms with Crippen LogP contribution in [0.5, 0.6) is 0 Å². The average molecular weight is 307 g/mol. The number of piperidine rings is 1. The summed E-state index contributed by atoms with van der Waals surface area (Å²) in [5, 5.41) is 6.27. The number of aromatic amines is 1. The van der Waals surface area contributed by atoms with Crippen molar-refractivity contribution in [3.05, 3.63) is 35.5 Å². The van der Waals surface area contributed by atoms with E-state index in [0.717, 1.165) is 42.4 Å². The molecule has 3 rings (SSSR count). The van der Waals surface area contributed by atoms with Crippen molar-refractivity contribution in [1.82, 2.24) is 9.88 Å². The summed E-state index contributed by atoms with van der Waals surface area (Å²) in [4.78, 5) is 5.64. The summed E-state index contributed by atoms with van der Waals surface area (Å²) in [5.74, 6) is 0.431. The molecule has 21 heavy (non-hydrogen) atoms. The molecule has 0 unspecified atom stereocenters. The summed E-state index contributed by atoms with van der Waals surface area (Å²) in [5.41, 5.74) is 3.11. The molecule has 1 aliphatic heterocycles. The predicted molar refractivity (Wildman–Crippen MR) is 84.6 cm³/mol. The number of likely N-dealkylation sites (tertiary alicyclic amines) is 1. The number of benzene rings is 1. The van der Waals surface area contributed by atoms with E-state index in [-0.39, 0.29) is 5.75 Å². The zero-order valence-corrected chi connectivity index (χ0v) is 13.0. The number of nitrogens with one attached hydrogen (secondary N) is 1. The molecule has 114 valence electrons. The summed E-state index contributed by atoms with van der Waals surface area (Å²) in [7, 11) is -1.34. The highest BCUT2D eigenvalue weighted by atomic mass is 32.2. The number of sulfonamides is 1. The maximum atomic E-state index is 11.3. The van der Waals surface area contributed by atoms with Crippen molar-refractivity contribution in [3.8, 4) is 0 Å². The van der Waals surface area contributed by atoms with E-state index >= 15 is 0 Å². The molecule has 2 heterocycles. The minimum Gasteiger partial charge on any atom is -0.361 e. The van der Waals surface area contributed by atoms with E-state index in [1.165, 1.54) is 5.56 Å². The van der Waals surface area contributed by atoms with Gasteiger partial charge < -0.3 is 9.88 Å². The first-order chi connectivity index (χ1) is 9.92. The molecule has 0 amide bonds. The van der Waals surface area contributed by atoms with Crippen LogP contribution in [0.1, 0.15) is 29.9 Å². The molecule has 2 aromatic rings. The minimum atomic E-state index is -3.49. The Morgan fingerprint density at radius 3 is 2.71 bits per heavy atom. The van der Waals surface area contributed by atoms with E-state index in [1.54, 1.807) is 0 Å². The summed E-state index contributed by atoms with van der Waals surface area (Å²) in [6, 6.07) is 5.72. The lowest BCUT2D eigenvalue weighted by Crippen LogP contribution is -2.29. The topological polar surface area (TPSA) is 79.2 Å². The largest absolute Gasteiger partial charge is 0.361 e. The zero-order valence-electron chi connectivity index (χ0n) is 12.2. The van der Waals surface area contributed by atoms with Crippen LogP contribution in [0, 0.1) is 0 Å². The van der Waals surface area contributed by atoms with Gasteiger partial charge in [-0.25, -0.2) is 13.6 Å². The summed E-state index contributed by atoms with van der Waals surface area (Å²) < 4.78 is 22.5. The van der Waals surface area contributed by atoms with Crippen molar-refractivity contribution in [2.24, 2.45) is 5.14 Å². The Morgan fingerprint density at radius 1 is 1.33 bits per heavy atom. The van der Waals surface area contributed by atoms with Crippen LogP contribution in [-0.4, -0.2) is 38.4 Å². The summed E-state index contributed by atoms with van der Waals surface area (Å²) >= 11 is 0. The van der Waals surface area contributed by atoms with Crippen molar-refractivity contribution in [2.45, 2.75) is 24.5 Å². The molecular weight excluding hydrogens is 286 g/mol. The molecule has 3 N–H and O–H groups in total. The third-order valence-electron chi connectivity index (χ3n) is 4.30. The number of primary sulfonamides is 1. The average Bonchev–Trinajstić information content (AvgIpc) is 2.81. The number of H-pyrrole nitrogens is 1. The highest BCUT2D eigenvalue weighted by molar-refractivity contribution is 7.88. The second kappa shape index (κ2) is 5.44. The fraction of sp³-hybridized carbons (Fsp3) is 0.467. The Bertz CT molecular complexity index is 743. The van der Waals surface area contributed by atoms with Gasteiger partial charge in [-0.05, 0) is 62.2 Å². The van der Waals surface area contributed by atoms with Crippen LogP contribution in [0.25, 0.3) is 10.9 Å². The minimum absolute atomic E-state index is 0.110. The molecule has 0 bridgehead atoms. The number of hydrogen-bond donors (Lipinski definition) is 2. The molecule has 0 aliphatic carbocycles. The van der Waals surface area contributed by atoms with Crippen LogP contribution in [0.15, 0.2) is 24.4 Å². The van der Waals surface area contributed by atoms with Gasteiger partial charge in [0.1, 0.15) is 0 Å². The molecular formula is C15H21N3O2S. The maximum absolute atomic E-state index is 11.3. The van der Waals surface area contributed by atoms with Crippen molar-refractivity contribution < 1.29 is 8.42 Å². The Balaban J connectivity index is 1.94. The van der Waals surface area contributed by atoms with Gasteiger partial charge in [-0.1, -0.05) is 6.07 Å². The van der Waals surface area contributed by atoms with Crippen LogP contribution < -0.4 is 5.14 Å². The van der Waals surface area contributed by atoms with Gasteiger partial charge in [0, 0.05) is 17.1 Å². The first-order valence-corrected chi connectivity index (χ1v) is 8.93. The van der Waals surface area contributed by atoms with Gasteiger partial charge in [0.2, 0.25) is 10.0 Å². The predicted octanol–water partition coefficient (Wildman–Crippen LogP) is 1.77. The molecule has 1 aromatic heterocycles. The Labute approximate surface area is 125 Å². The zero-order chi connectivity index (χ0) is 15.0. The first kappa shape index (κ1) is 14.6. The van der Waals surface area contributed by atoms with E-state index in [1.807, 2.05) is 18.2 Å². The molecule has 0 spiro atoms. The monoisotopic (exact) mass is 307 g/mol. The lowest BCUT2D eigenvalue weighted by molar-refractivity contribution is 0.256. The van der Waals surface area contributed by atoms with Crippen LogP contribution in [0.2, 0.25) is 0 Å². The fourth-order valence-electron chi connectivity index (χ4n) is 3.17. The van der Waals surface area contributed by atoms with Crippen molar-refractivity contribution in [3.63, 3.8) is 0 Å². The SMILES string of the molecule is CN1CCC(c2c[nH]c3ccc(CS(N)(=O)=O)cc23)CC1. The molecule has 0 atom stereocenters. The lowest BCUT2D eigenvalue weighted by atomic mass is 9.89. The Hall–Kier alpha value is -1.37. The molecule has 5 nitrogen and oxygen atoms in total. The van der Waals surface area contributed by atoms with Gasteiger partial charge in [-0.2, -0.15) is 0 Å². The van der Waals surface area contributed by atoms with E-state index in [4.69, 9.17) is 5.14 Å². The quantitative estimate of drug-likeness (QED) is 0.907. The van der Waals surface area contributed by atoms with Crippen LogP contribution >= 0.6 is 0 Å². The van der Waals surface area contributed by atoms with E-state index in [2.05, 4.69) is 23.1 Å². The highest BCUT2D eigenvalue weighted by Crippen LogP contribution is 2.33. The molecule has 1 aromatic carbocycles. The normalized spacial score (nSPS) is 18.4. The van der Waals surface area contributed by atoms with Crippen LogP contribution in [0.4, 0.5) is 0 Å². The fourth-order valence-corrected chi connectivity index (χ4v) is 3.81. The van der Waals surface area contributed by atoms with E-state index in [9.17, 15) is 8.42 Å². The number of aromatic nitrogens is 1. The first-order valence-electron chi connectivity index (χ1n) is 7.21.